The van der Waals surface area contributed by atoms with Gasteiger partial charge in [0, 0.05) is 23.6 Å². The normalized spacial score (nSPS) is 8.40. The van der Waals surface area contributed by atoms with E-state index in [1.807, 2.05) is 0 Å². The molecule has 0 rings (SSSR count). The van der Waals surface area contributed by atoms with Gasteiger partial charge in [-0.3, -0.25) is 0 Å². The van der Waals surface area contributed by atoms with Gasteiger partial charge in [-0.15, -0.1) is 0 Å². The van der Waals surface area contributed by atoms with E-state index in [0.717, 1.165) is 0 Å². The first-order chi connectivity index (χ1) is 2.41. The Hall–Kier alpha value is 0.460. The summed E-state index contributed by atoms with van der Waals surface area (Å²) in [6.07, 6.45) is 0. The second-order valence-corrected chi connectivity index (χ2v) is 0.565. The average Bonchev–Trinajstić information content (AvgIpc) is 1.41. The van der Waals surface area contributed by atoms with Crippen molar-refractivity contribution in [3.05, 3.63) is 0 Å². The van der Waals surface area contributed by atoms with E-state index in [0.29, 0.717) is 0 Å². The maximum Gasteiger partial charge on any atom is 0.00471 e. The van der Waals surface area contributed by atoms with Crippen LogP contribution in [-0.2, 0) is 4.94 Å². The zero-order valence-corrected chi connectivity index (χ0v) is 3.68. The van der Waals surface area contributed by atoms with E-state index in [2.05, 4.69) is 28.5 Å². The number of halogens is 2. The van der Waals surface area contributed by atoms with Crippen LogP contribution in [0.3, 0.4) is 0 Å². The summed E-state index contributed by atoms with van der Waals surface area (Å²) >= 11 is 9.36. The van der Waals surface area contributed by atoms with Gasteiger partial charge in [0.1, 0.15) is 0 Å². The van der Waals surface area contributed by atoms with Gasteiger partial charge in [0.15, 0.2) is 0 Å². The van der Waals surface area contributed by atoms with Crippen LogP contribution in [0.15, 0.2) is 0 Å². The van der Waals surface area contributed by atoms with E-state index in [1.54, 1.807) is 10.00 Å². The maximum absolute atomic E-state index is 4.68. The summed E-state index contributed by atoms with van der Waals surface area (Å²) in [7, 11) is 0. The Bertz CT molecular complexity index is 15.1. The molecule has 5 heavy (non-hydrogen) atoms. The number of rotatable bonds is 2. The SMILES string of the molecule is ClNONCl. The highest BCUT2D eigenvalue weighted by Crippen LogP contribution is 1.60. The third kappa shape index (κ3) is 4.46. The highest BCUT2D eigenvalue weighted by atomic mass is 35.5. The lowest BCUT2D eigenvalue weighted by molar-refractivity contribution is 0.0568. The van der Waals surface area contributed by atoms with Crippen molar-refractivity contribution in [1.29, 1.82) is 0 Å². The molecule has 0 aliphatic rings. The zero-order chi connectivity index (χ0) is 4.12. The van der Waals surface area contributed by atoms with Gasteiger partial charge in [-0.2, -0.15) is 4.94 Å². The number of hydrogen-bond donors (Lipinski definition) is 2. The van der Waals surface area contributed by atoms with Crippen molar-refractivity contribution in [3.8, 4) is 0 Å². The molecule has 0 atom stereocenters. The first kappa shape index (κ1) is 5.46. The van der Waals surface area contributed by atoms with Crippen molar-refractivity contribution < 1.29 is 4.94 Å². The van der Waals surface area contributed by atoms with Crippen molar-refractivity contribution >= 4 is 23.6 Å². The predicted octanol–water partition coefficient (Wildman–Crippen LogP) is 0.320. The van der Waals surface area contributed by atoms with Crippen molar-refractivity contribution in [2.75, 3.05) is 0 Å². The summed E-state index contributed by atoms with van der Waals surface area (Å²) in [4.78, 5) is 7.36. The van der Waals surface area contributed by atoms with Crippen LogP contribution in [0.5, 0.6) is 0 Å². The van der Waals surface area contributed by atoms with E-state index in [-0.39, 0.29) is 0 Å². The van der Waals surface area contributed by atoms with Crippen LogP contribution in [0.1, 0.15) is 0 Å². The van der Waals surface area contributed by atoms with Crippen LogP contribution in [0.4, 0.5) is 0 Å². The third-order valence-corrected chi connectivity index (χ3v) is 0.231. The molecule has 0 aromatic carbocycles. The van der Waals surface area contributed by atoms with Crippen LogP contribution in [0.2, 0.25) is 0 Å². The van der Waals surface area contributed by atoms with Gasteiger partial charge in [-0.05, 0) is 0 Å². The first-order valence-corrected chi connectivity index (χ1v) is 1.54. The molecule has 0 aliphatic heterocycles. The molecule has 0 heterocycles. The van der Waals surface area contributed by atoms with Gasteiger partial charge in [-0.25, -0.2) is 0 Å². The minimum atomic E-state index is 1.75. The molecule has 0 radical (unpaired) electrons. The van der Waals surface area contributed by atoms with Crippen LogP contribution in [0.25, 0.3) is 0 Å². The van der Waals surface area contributed by atoms with Crippen molar-refractivity contribution in [3.63, 3.8) is 0 Å². The summed E-state index contributed by atoms with van der Waals surface area (Å²) < 4.78 is 0. The average molecular weight is 117 g/mol. The smallest absolute Gasteiger partial charge is 0.00471 e. The topological polar surface area (TPSA) is 33.3 Å². The predicted molar refractivity (Wildman–Crippen MR) is 19.1 cm³/mol. The molecule has 0 bridgehead atoms. The number of nitrogens with one attached hydrogen (secondary N) is 2. The molecule has 3 nitrogen and oxygen atoms in total. The highest BCUT2D eigenvalue weighted by molar-refractivity contribution is 6.14. The molecule has 0 fully saturated rings. The molecule has 0 unspecified atom stereocenters. The standard InChI is InChI=1S/Cl2H2N2O/c1-3-5-4-2/h3-4H. The molecule has 0 aliphatic carbocycles. The lowest BCUT2D eigenvalue weighted by Crippen LogP contribution is -2.07. The third-order valence-electron chi connectivity index (χ3n) is 0.0772. The van der Waals surface area contributed by atoms with Gasteiger partial charge in [0.2, 0.25) is 0 Å². The minimum absolute atomic E-state index is 1.75. The summed E-state index contributed by atoms with van der Waals surface area (Å²) in [6, 6.07) is 0. The van der Waals surface area contributed by atoms with Gasteiger partial charge in [0.05, 0.1) is 0 Å². The Labute approximate surface area is 39.3 Å². The van der Waals surface area contributed by atoms with Gasteiger partial charge in [-0.1, -0.05) is 10.00 Å². The van der Waals surface area contributed by atoms with Crippen LogP contribution in [-0.4, -0.2) is 0 Å². The van der Waals surface area contributed by atoms with E-state index >= 15 is 0 Å². The fourth-order valence-corrected chi connectivity index (χ4v) is 0.131. The Kier molecular flexibility index (Phi) is 4.87. The Morgan fingerprint density at radius 1 is 1.20 bits per heavy atom. The van der Waals surface area contributed by atoms with Gasteiger partial charge in [0.25, 0.3) is 0 Å². The molecule has 32 valence electrons. The first-order valence-electron chi connectivity index (χ1n) is 0.786. The molecule has 0 aromatic heterocycles. The molecule has 0 spiro atoms. The van der Waals surface area contributed by atoms with Crippen LogP contribution in [0, 0.1) is 0 Å². The Morgan fingerprint density at radius 3 is 1.60 bits per heavy atom. The lowest BCUT2D eigenvalue weighted by atomic mass is 13.2. The van der Waals surface area contributed by atoms with E-state index in [4.69, 9.17) is 0 Å². The second kappa shape index (κ2) is 4.46. The summed E-state index contributed by atoms with van der Waals surface area (Å²) in [5.41, 5.74) is 0. The lowest BCUT2D eigenvalue weighted by Gasteiger charge is -1.84. The van der Waals surface area contributed by atoms with Crippen molar-refractivity contribution in [2.24, 2.45) is 0 Å². The van der Waals surface area contributed by atoms with E-state index < -0.39 is 0 Å². The monoisotopic (exact) mass is 116 g/mol. The van der Waals surface area contributed by atoms with Gasteiger partial charge >= 0.3 is 0 Å². The molecular weight excluding hydrogens is 115 g/mol. The van der Waals surface area contributed by atoms with Crippen LogP contribution >= 0.6 is 23.6 Å². The molecular formula is H2Cl2N2O. The second-order valence-electron chi connectivity index (χ2n) is 0.256. The molecule has 2 N–H and O–H groups in total. The quantitative estimate of drug-likeness (QED) is 0.403. The minimum Gasteiger partial charge on any atom is -0.183 e. The fourth-order valence-electron chi connectivity index (χ4n) is 0.0146. The molecule has 5 heteroatoms. The number of hydrogen-bond acceptors (Lipinski definition) is 3. The summed E-state index contributed by atoms with van der Waals surface area (Å²) in [5.74, 6) is 0. The van der Waals surface area contributed by atoms with Gasteiger partial charge < -0.3 is 0 Å². The fraction of sp³-hybridized carbons (Fsp3) is 0. The Morgan fingerprint density at radius 2 is 1.60 bits per heavy atom. The highest BCUT2D eigenvalue weighted by Gasteiger charge is 1.63. The summed E-state index contributed by atoms with van der Waals surface area (Å²) in [5, 5.41) is 0. The van der Waals surface area contributed by atoms with Crippen molar-refractivity contribution in [1.82, 2.24) is 10.00 Å². The maximum atomic E-state index is 4.68. The summed E-state index contributed by atoms with van der Waals surface area (Å²) in [6.45, 7) is 0. The van der Waals surface area contributed by atoms with Crippen molar-refractivity contribution in [2.45, 2.75) is 0 Å². The molecule has 0 aromatic rings. The van der Waals surface area contributed by atoms with E-state index in [9.17, 15) is 0 Å². The molecule has 0 saturated heterocycles. The Balaban J connectivity index is 2.19. The molecule has 0 amide bonds. The van der Waals surface area contributed by atoms with E-state index in [1.165, 1.54) is 0 Å². The molecule has 0 saturated carbocycles. The largest absolute Gasteiger partial charge is 0.183 e. The van der Waals surface area contributed by atoms with Crippen LogP contribution < -0.4 is 10.00 Å². The zero-order valence-electron chi connectivity index (χ0n) is 2.16.